The molecule has 1 aliphatic heterocycles. The molecule has 3 rings (SSSR count). The average Bonchev–Trinajstić information content (AvgIpc) is 2.92. The number of aromatic nitrogens is 1. The van der Waals surface area contributed by atoms with Gasteiger partial charge < -0.3 is 10.0 Å². The van der Waals surface area contributed by atoms with E-state index >= 15 is 0 Å². The standard InChI is InChI=1S/C18H18ClN3OS/c1-2-11-22-17(21-12-16-5-3-4-10-20-16)24-13-18(22,23)14-6-8-15(19)9-7-14/h2-10,23H,1,11-13H2. The molecule has 6 heteroatoms. The number of rotatable bonds is 5. The smallest absolute Gasteiger partial charge is 0.175 e. The van der Waals surface area contributed by atoms with Gasteiger partial charge >= 0.3 is 0 Å². The average molecular weight is 360 g/mol. The molecule has 1 aromatic carbocycles. The number of benzene rings is 1. The monoisotopic (exact) mass is 359 g/mol. The van der Waals surface area contributed by atoms with Crippen molar-refractivity contribution in [2.24, 2.45) is 4.99 Å². The van der Waals surface area contributed by atoms with Crippen LogP contribution in [0.1, 0.15) is 11.3 Å². The van der Waals surface area contributed by atoms with Crippen LogP contribution in [-0.4, -0.2) is 32.5 Å². The van der Waals surface area contributed by atoms with E-state index in [9.17, 15) is 5.11 Å². The summed E-state index contributed by atoms with van der Waals surface area (Å²) in [6.07, 6.45) is 3.52. The zero-order chi connectivity index (χ0) is 17.0. The van der Waals surface area contributed by atoms with E-state index in [1.165, 1.54) is 11.8 Å². The second-order valence-corrected chi connectivity index (χ2v) is 6.81. The summed E-state index contributed by atoms with van der Waals surface area (Å²) >= 11 is 7.49. The molecule has 2 heterocycles. The number of thioether (sulfide) groups is 1. The number of aliphatic imine (C=N–C) groups is 1. The lowest BCUT2D eigenvalue weighted by molar-refractivity contribution is -0.0423. The van der Waals surface area contributed by atoms with Crippen LogP contribution in [0.4, 0.5) is 0 Å². The van der Waals surface area contributed by atoms with Crippen molar-refractivity contribution in [3.05, 3.63) is 77.6 Å². The molecule has 1 aliphatic rings. The fraction of sp³-hybridized carbons (Fsp3) is 0.222. The van der Waals surface area contributed by atoms with Crippen molar-refractivity contribution in [3.8, 4) is 0 Å². The largest absolute Gasteiger partial charge is 0.366 e. The minimum atomic E-state index is -1.12. The van der Waals surface area contributed by atoms with E-state index in [-0.39, 0.29) is 0 Å². The number of aliphatic hydroxyl groups is 1. The Labute approximate surface area is 150 Å². The van der Waals surface area contributed by atoms with Crippen molar-refractivity contribution in [2.75, 3.05) is 12.3 Å². The topological polar surface area (TPSA) is 48.7 Å². The summed E-state index contributed by atoms with van der Waals surface area (Å²) < 4.78 is 0. The van der Waals surface area contributed by atoms with Gasteiger partial charge in [0.25, 0.3) is 0 Å². The van der Waals surface area contributed by atoms with Gasteiger partial charge in [0, 0.05) is 23.3 Å². The minimum absolute atomic E-state index is 0.480. The summed E-state index contributed by atoms with van der Waals surface area (Å²) in [5.74, 6) is 0.503. The third kappa shape index (κ3) is 3.48. The van der Waals surface area contributed by atoms with Crippen LogP contribution in [0, 0.1) is 0 Å². The quantitative estimate of drug-likeness (QED) is 0.827. The fourth-order valence-corrected chi connectivity index (χ4v) is 3.88. The number of amidine groups is 1. The van der Waals surface area contributed by atoms with E-state index in [4.69, 9.17) is 11.6 Å². The van der Waals surface area contributed by atoms with Crippen LogP contribution in [-0.2, 0) is 12.3 Å². The predicted molar refractivity (Wildman–Crippen MR) is 100 cm³/mol. The fourth-order valence-electron chi connectivity index (χ4n) is 2.56. The van der Waals surface area contributed by atoms with Crippen molar-refractivity contribution in [1.82, 2.24) is 9.88 Å². The molecular formula is C18H18ClN3OS. The summed E-state index contributed by atoms with van der Waals surface area (Å²) in [6, 6.07) is 13.0. The molecule has 0 amide bonds. The molecule has 1 aromatic heterocycles. The van der Waals surface area contributed by atoms with Gasteiger partial charge in [0.05, 0.1) is 18.0 Å². The maximum atomic E-state index is 11.2. The molecule has 2 aromatic rings. The van der Waals surface area contributed by atoms with Crippen LogP contribution in [0.2, 0.25) is 5.02 Å². The highest BCUT2D eigenvalue weighted by Crippen LogP contribution is 2.39. The SMILES string of the molecule is C=CCN1C(=NCc2ccccn2)SCC1(O)c1ccc(Cl)cc1. The zero-order valence-corrected chi connectivity index (χ0v) is 14.7. The molecule has 0 aliphatic carbocycles. The van der Waals surface area contributed by atoms with Crippen LogP contribution in [0.25, 0.3) is 0 Å². The first-order valence-electron chi connectivity index (χ1n) is 7.57. The highest BCUT2D eigenvalue weighted by atomic mass is 35.5. The Balaban J connectivity index is 1.87. The maximum absolute atomic E-state index is 11.2. The Morgan fingerprint density at radius 3 is 2.79 bits per heavy atom. The van der Waals surface area contributed by atoms with E-state index < -0.39 is 5.72 Å². The van der Waals surface area contributed by atoms with Crippen molar-refractivity contribution in [2.45, 2.75) is 12.3 Å². The van der Waals surface area contributed by atoms with Crippen molar-refractivity contribution in [1.29, 1.82) is 0 Å². The molecule has 1 unspecified atom stereocenters. The number of hydrogen-bond acceptors (Lipinski definition) is 4. The van der Waals surface area contributed by atoms with E-state index in [1.54, 1.807) is 24.4 Å². The van der Waals surface area contributed by atoms with Crippen LogP contribution in [0.15, 0.2) is 66.3 Å². The summed E-state index contributed by atoms with van der Waals surface area (Å²) in [6.45, 7) is 4.79. The molecule has 1 fully saturated rings. The molecule has 0 bridgehead atoms. The molecule has 0 radical (unpaired) electrons. The normalized spacial score (nSPS) is 22.1. The van der Waals surface area contributed by atoms with Crippen molar-refractivity contribution >= 4 is 28.5 Å². The molecule has 0 spiro atoms. The van der Waals surface area contributed by atoms with Crippen molar-refractivity contribution in [3.63, 3.8) is 0 Å². The Hall–Kier alpha value is -1.82. The van der Waals surface area contributed by atoms with Gasteiger partial charge in [-0.1, -0.05) is 47.6 Å². The second kappa shape index (κ2) is 7.38. The number of halogens is 1. The second-order valence-electron chi connectivity index (χ2n) is 5.43. The minimum Gasteiger partial charge on any atom is -0.366 e. The molecule has 4 nitrogen and oxygen atoms in total. The van der Waals surface area contributed by atoms with Gasteiger partial charge in [0.1, 0.15) is 0 Å². The van der Waals surface area contributed by atoms with E-state index in [1.807, 2.05) is 35.2 Å². The van der Waals surface area contributed by atoms with Crippen LogP contribution in [0.3, 0.4) is 0 Å². The first-order chi connectivity index (χ1) is 11.6. The summed E-state index contributed by atoms with van der Waals surface area (Å²) in [5.41, 5.74) is 0.572. The number of nitrogens with zero attached hydrogens (tertiary/aromatic N) is 3. The summed E-state index contributed by atoms with van der Waals surface area (Å²) in [5, 5.41) is 12.7. The lowest BCUT2D eigenvalue weighted by atomic mass is 10.0. The third-order valence-electron chi connectivity index (χ3n) is 3.80. The van der Waals surface area contributed by atoms with Gasteiger partial charge in [-0.3, -0.25) is 9.98 Å². The van der Waals surface area contributed by atoms with E-state index in [0.29, 0.717) is 23.9 Å². The van der Waals surface area contributed by atoms with Crippen LogP contribution >= 0.6 is 23.4 Å². The van der Waals surface area contributed by atoms with Gasteiger partial charge in [-0.25, -0.2) is 0 Å². The zero-order valence-electron chi connectivity index (χ0n) is 13.1. The van der Waals surface area contributed by atoms with Gasteiger partial charge in [0.2, 0.25) is 0 Å². The molecule has 0 saturated carbocycles. The van der Waals surface area contributed by atoms with Gasteiger partial charge in [-0.05, 0) is 24.3 Å². The first kappa shape index (κ1) is 17.0. The Kier molecular flexibility index (Phi) is 5.23. The lowest BCUT2D eigenvalue weighted by Gasteiger charge is -2.33. The van der Waals surface area contributed by atoms with E-state index in [2.05, 4.69) is 16.6 Å². The lowest BCUT2D eigenvalue weighted by Crippen LogP contribution is -2.45. The third-order valence-corrected chi connectivity index (χ3v) is 5.21. The van der Waals surface area contributed by atoms with Gasteiger partial charge in [-0.2, -0.15) is 0 Å². The molecule has 1 atom stereocenters. The molecular weight excluding hydrogens is 342 g/mol. The summed E-state index contributed by atoms with van der Waals surface area (Å²) in [7, 11) is 0. The van der Waals surface area contributed by atoms with Gasteiger partial charge in [-0.15, -0.1) is 6.58 Å². The van der Waals surface area contributed by atoms with E-state index in [0.717, 1.165) is 16.4 Å². The first-order valence-corrected chi connectivity index (χ1v) is 8.94. The maximum Gasteiger partial charge on any atom is 0.175 e. The molecule has 24 heavy (non-hydrogen) atoms. The van der Waals surface area contributed by atoms with Gasteiger partial charge in [0.15, 0.2) is 10.9 Å². The summed E-state index contributed by atoms with van der Waals surface area (Å²) in [4.78, 5) is 10.8. The highest BCUT2D eigenvalue weighted by molar-refractivity contribution is 8.14. The highest BCUT2D eigenvalue weighted by Gasteiger charge is 2.44. The molecule has 1 saturated heterocycles. The number of hydrogen-bond donors (Lipinski definition) is 1. The Morgan fingerprint density at radius 1 is 1.33 bits per heavy atom. The van der Waals surface area contributed by atoms with Crippen molar-refractivity contribution < 1.29 is 5.11 Å². The number of pyridine rings is 1. The molecule has 1 N–H and O–H groups in total. The Bertz CT molecular complexity index is 736. The predicted octanol–water partition coefficient (Wildman–Crippen LogP) is 3.67. The van der Waals surface area contributed by atoms with Crippen LogP contribution in [0.5, 0.6) is 0 Å². The van der Waals surface area contributed by atoms with Crippen LogP contribution < -0.4 is 0 Å². The Morgan fingerprint density at radius 2 is 2.12 bits per heavy atom. The molecule has 124 valence electrons.